The summed E-state index contributed by atoms with van der Waals surface area (Å²) in [5.74, 6) is 0.317. The minimum absolute atomic E-state index is 0.317. The van der Waals surface area contributed by atoms with Crippen LogP contribution in [0.3, 0.4) is 0 Å². The lowest BCUT2D eigenvalue weighted by Crippen LogP contribution is -1.89. The van der Waals surface area contributed by atoms with Crippen LogP contribution in [0.5, 0.6) is 5.75 Å². The van der Waals surface area contributed by atoms with Crippen LogP contribution in [0.1, 0.15) is 16.7 Å². The van der Waals surface area contributed by atoms with E-state index in [1.54, 1.807) is 6.07 Å². The Labute approximate surface area is 96.4 Å². The van der Waals surface area contributed by atoms with E-state index in [1.165, 1.54) is 22.3 Å². The molecule has 0 heterocycles. The minimum atomic E-state index is 0.317. The van der Waals surface area contributed by atoms with Crippen molar-refractivity contribution in [1.82, 2.24) is 0 Å². The second kappa shape index (κ2) is 4.01. The highest BCUT2D eigenvalue weighted by Gasteiger charge is 2.06. The van der Waals surface area contributed by atoms with Gasteiger partial charge in [-0.25, -0.2) is 0 Å². The van der Waals surface area contributed by atoms with Crippen LogP contribution in [0.25, 0.3) is 11.1 Å². The minimum Gasteiger partial charge on any atom is -0.508 e. The van der Waals surface area contributed by atoms with Crippen LogP contribution in [0.4, 0.5) is 0 Å². The molecule has 2 aromatic carbocycles. The quantitative estimate of drug-likeness (QED) is 0.758. The van der Waals surface area contributed by atoms with E-state index in [-0.39, 0.29) is 0 Å². The number of hydrogen-bond donors (Lipinski definition) is 1. The van der Waals surface area contributed by atoms with Crippen molar-refractivity contribution < 1.29 is 5.11 Å². The van der Waals surface area contributed by atoms with Crippen molar-refractivity contribution in [2.45, 2.75) is 20.8 Å². The Morgan fingerprint density at radius 1 is 0.875 bits per heavy atom. The smallest absolute Gasteiger partial charge is 0.116 e. The summed E-state index contributed by atoms with van der Waals surface area (Å²) < 4.78 is 0. The topological polar surface area (TPSA) is 20.2 Å². The molecule has 0 radical (unpaired) electrons. The molecule has 82 valence electrons. The van der Waals surface area contributed by atoms with E-state index in [9.17, 15) is 5.11 Å². The van der Waals surface area contributed by atoms with Crippen LogP contribution < -0.4 is 0 Å². The molecule has 1 heteroatoms. The second-order valence-corrected chi connectivity index (χ2v) is 4.32. The summed E-state index contributed by atoms with van der Waals surface area (Å²) in [6.07, 6.45) is 0. The van der Waals surface area contributed by atoms with E-state index < -0.39 is 0 Å². The molecule has 0 saturated heterocycles. The van der Waals surface area contributed by atoms with Gasteiger partial charge in [-0.15, -0.1) is 0 Å². The van der Waals surface area contributed by atoms with Gasteiger partial charge in [-0.2, -0.15) is 0 Å². The van der Waals surface area contributed by atoms with E-state index in [0.717, 1.165) is 5.56 Å². The number of benzene rings is 2. The van der Waals surface area contributed by atoms with E-state index in [4.69, 9.17) is 0 Å². The highest BCUT2D eigenvalue weighted by molar-refractivity contribution is 5.72. The largest absolute Gasteiger partial charge is 0.508 e. The Hall–Kier alpha value is -1.76. The van der Waals surface area contributed by atoms with Crippen molar-refractivity contribution in [3.05, 3.63) is 53.1 Å². The lowest BCUT2D eigenvalue weighted by Gasteiger charge is -2.11. The van der Waals surface area contributed by atoms with Gasteiger partial charge in [0.1, 0.15) is 5.75 Å². The number of phenols is 1. The molecule has 16 heavy (non-hydrogen) atoms. The zero-order valence-corrected chi connectivity index (χ0v) is 9.91. The molecule has 1 nitrogen and oxygen atoms in total. The number of aryl methyl sites for hydroxylation is 3. The Morgan fingerprint density at radius 2 is 1.50 bits per heavy atom. The highest BCUT2D eigenvalue weighted by atomic mass is 16.3. The first-order valence-corrected chi connectivity index (χ1v) is 5.45. The molecule has 1 N–H and O–H groups in total. The number of hydrogen-bond acceptors (Lipinski definition) is 1. The molecule has 2 aromatic rings. The Bertz CT molecular complexity index is 504. The Balaban J connectivity index is 2.64. The van der Waals surface area contributed by atoms with Gasteiger partial charge in [0.2, 0.25) is 0 Å². The van der Waals surface area contributed by atoms with Gasteiger partial charge in [0.15, 0.2) is 0 Å². The van der Waals surface area contributed by atoms with E-state index in [2.05, 4.69) is 32.9 Å². The maximum absolute atomic E-state index is 9.51. The van der Waals surface area contributed by atoms with Crippen molar-refractivity contribution in [3.8, 4) is 16.9 Å². The van der Waals surface area contributed by atoms with Gasteiger partial charge in [-0.1, -0.05) is 29.8 Å². The van der Waals surface area contributed by atoms with Crippen LogP contribution in [-0.2, 0) is 0 Å². The van der Waals surface area contributed by atoms with Gasteiger partial charge in [0.05, 0.1) is 0 Å². The van der Waals surface area contributed by atoms with E-state index >= 15 is 0 Å². The third-order valence-corrected chi connectivity index (χ3v) is 2.81. The van der Waals surface area contributed by atoms with Crippen molar-refractivity contribution >= 4 is 0 Å². The normalized spacial score (nSPS) is 10.4. The maximum atomic E-state index is 9.51. The molecule has 0 aliphatic rings. The molecule has 2 rings (SSSR count). The van der Waals surface area contributed by atoms with Gasteiger partial charge in [0.25, 0.3) is 0 Å². The SMILES string of the molecule is Cc1cc(C)c(-c2cccc(O)c2)c(C)c1. The van der Waals surface area contributed by atoms with Gasteiger partial charge in [0, 0.05) is 0 Å². The monoisotopic (exact) mass is 212 g/mol. The lowest BCUT2D eigenvalue weighted by atomic mass is 9.94. The zero-order chi connectivity index (χ0) is 11.7. The third kappa shape index (κ3) is 1.94. The van der Waals surface area contributed by atoms with Gasteiger partial charge in [-0.3, -0.25) is 0 Å². The lowest BCUT2D eigenvalue weighted by molar-refractivity contribution is 0.475. The molecular weight excluding hydrogens is 196 g/mol. The number of aromatic hydroxyl groups is 1. The molecule has 0 aliphatic heterocycles. The second-order valence-electron chi connectivity index (χ2n) is 4.32. The van der Waals surface area contributed by atoms with Gasteiger partial charge >= 0.3 is 0 Å². The number of phenolic OH excluding ortho intramolecular Hbond substituents is 1. The fraction of sp³-hybridized carbons (Fsp3) is 0.200. The molecule has 0 aliphatic carbocycles. The van der Waals surface area contributed by atoms with Crippen molar-refractivity contribution in [1.29, 1.82) is 0 Å². The molecule has 0 bridgehead atoms. The van der Waals surface area contributed by atoms with Crippen molar-refractivity contribution in [3.63, 3.8) is 0 Å². The Morgan fingerprint density at radius 3 is 2.06 bits per heavy atom. The third-order valence-electron chi connectivity index (χ3n) is 2.81. The molecule has 0 fully saturated rings. The fourth-order valence-electron chi connectivity index (χ4n) is 2.30. The van der Waals surface area contributed by atoms with Crippen molar-refractivity contribution in [2.24, 2.45) is 0 Å². The summed E-state index contributed by atoms with van der Waals surface area (Å²) in [5.41, 5.74) is 6.08. The first-order valence-electron chi connectivity index (χ1n) is 5.45. The van der Waals surface area contributed by atoms with Crippen LogP contribution in [-0.4, -0.2) is 5.11 Å². The predicted molar refractivity (Wildman–Crippen MR) is 67.8 cm³/mol. The molecule has 0 unspecified atom stereocenters. The van der Waals surface area contributed by atoms with Crippen molar-refractivity contribution in [2.75, 3.05) is 0 Å². The summed E-state index contributed by atoms with van der Waals surface area (Å²) in [6, 6.07) is 11.8. The molecule has 0 atom stereocenters. The van der Waals surface area contributed by atoms with Crippen LogP contribution in [0.2, 0.25) is 0 Å². The molecule has 0 aromatic heterocycles. The average molecular weight is 212 g/mol. The molecule has 0 saturated carbocycles. The summed E-state index contributed by atoms with van der Waals surface area (Å²) in [5, 5.41) is 9.51. The maximum Gasteiger partial charge on any atom is 0.116 e. The first kappa shape index (κ1) is 10.7. The standard InChI is InChI=1S/C15H16O/c1-10-7-11(2)15(12(3)8-10)13-5-4-6-14(16)9-13/h4-9,16H,1-3H3. The van der Waals surface area contributed by atoms with Crippen LogP contribution in [0.15, 0.2) is 36.4 Å². The summed E-state index contributed by atoms with van der Waals surface area (Å²) in [7, 11) is 0. The molecule has 0 spiro atoms. The van der Waals surface area contributed by atoms with Crippen LogP contribution >= 0.6 is 0 Å². The van der Waals surface area contributed by atoms with Gasteiger partial charge in [-0.05, 0) is 55.2 Å². The van der Waals surface area contributed by atoms with E-state index in [0.29, 0.717) is 5.75 Å². The van der Waals surface area contributed by atoms with E-state index in [1.807, 2.05) is 18.2 Å². The summed E-state index contributed by atoms with van der Waals surface area (Å²) in [6.45, 7) is 6.32. The first-order chi connectivity index (χ1) is 7.58. The Kier molecular flexibility index (Phi) is 2.69. The number of rotatable bonds is 1. The highest BCUT2D eigenvalue weighted by Crippen LogP contribution is 2.30. The molecular formula is C15H16O. The zero-order valence-electron chi connectivity index (χ0n) is 9.91. The predicted octanol–water partition coefficient (Wildman–Crippen LogP) is 3.98. The van der Waals surface area contributed by atoms with Crippen LogP contribution in [0, 0.1) is 20.8 Å². The summed E-state index contributed by atoms with van der Waals surface area (Å²) >= 11 is 0. The van der Waals surface area contributed by atoms with Gasteiger partial charge < -0.3 is 5.11 Å². The fourth-order valence-corrected chi connectivity index (χ4v) is 2.30. The average Bonchev–Trinajstić information content (AvgIpc) is 2.15. The molecule has 0 amide bonds. The summed E-state index contributed by atoms with van der Waals surface area (Å²) in [4.78, 5) is 0.